The Balaban J connectivity index is 1.39. The molecule has 3 aromatic heterocycles. The Morgan fingerprint density at radius 3 is 2.65 bits per heavy atom. The van der Waals surface area contributed by atoms with Gasteiger partial charge in [0.05, 0.1) is 18.1 Å². The standard InChI is InChI=1S/C24H26N6O4/c1-15-5-6-16(2)21(9-15)33-14-18-7-8-20(34-18)23(31)28-19-12-27-30(4)22(19)24(32)25-10-17-11-26-29(3)13-17/h5-9,11-13H,10,14H2,1-4H3,(H,25,32)(H,28,31). The van der Waals surface area contributed by atoms with Gasteiger partial charge in [-0.15, -0.1) is 0 Å². The zero-order chi connectivity index (χ0) is 24.2. The van der Waals surface area contributed by atoms with Crippen LogP contribution in [0.5, 0.6) is 5.75 Å². The van der Waals surface area contributed by atoms with Gasteiger partial charge in [0.2, 0.25) is 0 Å². The summed E-state index contributed by atoms with van der Waals surface area (Å²) < 4.78 is 14.5. The van der Waals surface area contributed by atoms with E-state index in [2.05, 4.69) is 20.8 Å². The van der Waals surface area contributed by atoms with Crippen molar-refractivity contribution in [2.45, 2.75) is 27.0 Å². The molecule has 0 saturated heterocycles. The summed E-state index contributed by atoms with van der Waals surface area (Å²) in [6.45, 7) is 4.45. The molecule has 10 nitrogen and oxygen atoms in total. The number of carbonyl (C=O) groups is 2. The number of aromatic nitrogens is 4. The van der Waals surface area contributed by atoms with E-state index in [1.807, 2.05) is 38.2 Å². The third kappa shape index (κ3) is 5.17. The van der Waals surface area contributed by atoms with Crippen LogP contribution in [-0.4, -0.2) is 31.4 Å². The van der Waals surface area contributed by atoms with Gasteiger partial charge in [0.25, 0.3) is 11.8 Å². The summed E-state index contributed by atoms with van der Waals surface area (Å²) in [6.07, 6.45) is 4.90. The van der Waals surface area contributed by atoms with E-state index in [0.29, 0.717) is 12.3 Å². The van der Waals surface area contributed by atoms with E-state index < -0.39 is 5.91 Å². The maximum absolute atomic E-state index is 12.7. The molecule has 34 heavy (non-hydrogen) atoms. The number of hydrogen-bond acceptors (Lipinski definition) is 6. The topological polar surface area (TPSA) is 116 Å². The predicted molar refractivity (Wildman–Crippen MR) is 124 cm³/mol. The molecule has 10 heteroatoms. The van der Waals surface area contributed by atoms with Crippen LogP contribution in [0.25, 0.3) is 0 Å². The lowest BCUT2D eigenvalue weighted by molar-refractivity contribution is 0.0942. The smallest absolute Gasteiger partial charge is 0.291 e. The first-order chi connectivity index (χ1) is 16.3. The van der Waals surface area contributed by atoms with Crippen molar-refractivity contribution >= 4 is 17.5 Å². The van der Waals surface area contributed by atoms with Crippen molar-refractivity contribution in [1.82, 2.24) is 24.9 Å². The monoisotopic (exact) mass is 462 g/mol. The molecule has 0 bridgehead atoms. The van der Waals surface area contributed by atoms with Gasteiger partial charge in [-0.2, -0.15) is 10.2 Å². The van der Waals surface area contributed by atoms with Gasteiger partial charge in [-0.1, -0.05) is 12.1 Å². The summed E-state index contributed by atoms with van der Waals surface area (Å²) in [7, 11) is 3.43. The average Bonchev–Trinajstić information content (AvgIpc) is 3.53. The van der Waals surface area contributed by atoms with Gasteiger partial charge in [0.15, 0.2) is 5.76 Å². The molecule has 0 radical (unpaired) electrons. The van der Waals surface area contributed by atoms with Gasteiger partial charge < -0.3 is 19.8 Å². The first-order valence-electron chi connectivity index (χ1n) is 10.7. The minimum atomic E-state index is -0.493. The molecule has 0 aliphatic rings. The fourth-order valence-electron chi connectivity index (χ4n) is 3.40. The SMILES string of the molecule is Cc1ccc(C)c(OCc2ccc(C(=O)Nc3cnn(C)c3C(=O)NCc3cnn(C)c3)o2)c1. The van der Waals surface area contributed by atoms with E-state index in [1.54, 1.807) is 37.1 Å². The van der Waals surface area contributed by atoms with Crippen LogP contribution in [0.2, 0.25) is 0 Å². The minimum Gasteiger partial charge on any atom is -0.485 e. The van der Waals surface area contributed by atoms with Gasteiger partial charge in [-0.3, -0.25) is 19.0 Å². The lowest BCUT2D eigenvalue weighted by atomic mass is 10.1. The van der Waals surface area contributed by atoms with Crippen LogP contribution in [-0.2, 0) is 27.2 Å². The summed E-state index contributed by atoms with van der Waals surface area (Å²) in [5.74, 6) is 0.505. The number of nitrogens with one attached hydrogen (secondary N) is 2. The normalized spacial score (nSPS) is 10.8. The number of furan rings is 1. The molecule has 1 aromatic carbocycles. The van der Waals surface area contributed by atoms with Gasteiger partial charge in [0.1, 0.15) is 23.8 Å². The summed E-state index contributed by atoms with van der Waals surface area (Å²) in [5.41, 5.74) is 3.47. The Kier molecular flexibility index (Phi) is 6.48. The predicted octanol–water partition coefficient (Wildman–Crippen LogP) is 3.12. The van der Waals surface area contributed by atoms with Crippen molar-refractivity contribution < 1.29 is 18.7 Å². The molecule has 0 spiro atoms. The van der Waals surface area contributed by atoms with E-state index in [9.17, 15) is 9.59 Å². The molecule has 0 unspecified atom stereocenters. The van der Waals surface area contributed by atoms with Crippen molar-refractivity contribution in [1.29, 1.82) is 0 Å². The number of nitrogens with zero attached hydrogens (tertiary/aromatic N) is 4. The number of ether oxygens (including phenoxy) is 1. The number of benzene rings is 1. The van der Waals surface area contributed by atoms with Crippen molar-refractivity contribution in [2.75, 3.05) is 5.32 Å². The maximum atomic E-state index is 12.7. The van der Waals surface area contributed by atoms with Crippen LogP contribution in [0, 0.1) is 13.8 Å². The minimum absolute atomic E-state index is 0.102. The molecule has 176 valence electrons. The second-order valence-electron chi connectivity index (χ2n) is 8.01. The molecule has 0 saturated carbocycles. The second-order valence-corrected chi connectivity index (χ2v) is 8.01. The quantitative estimate of drug-likeness (QED) is 0.416. The highest BCUT2D eigenvalue weighted by Gasteiger charge is 2.21. The summed E-state index contributed by atoms with van der Waals surface area (Å²) in [5, 5.41) is 13.7. The third-order valence-electron chi connectivity index (χ3n) is 5.21. The van der Waals surface area contributed by atoms with Gasteiger partial charge in [-0.25, -0.2) is 0 Å². The number of hydrogen-bond donors (Lipinski definition) is 2. The summed E-state index contributed by atoms with van der Waals surface area (Å²) >= 11 is 0. The van der Waals surface area contributed by atoms with Crippen LogP contribution in [0.15, 0.2) is 53.3 Å². The van der Waals surface area contributed by atoms with Crippen LogP contribution >= 0.6 is 0 Å². The number of carbonyl (C=O) groups excluding carboxylic acids is 2. The molecule has 0 fully saturated rings. The van der Waals surface area contributed by atoms with Crippen molar-refractivity contribution in [3.8, 4) is 5.75 Å². The molecule has 0 aliphatic heterocycles. The molecule has 4 rings (SSSR count). The van der Waals surface area contributed by atoms with Gasteiger partial charge in [-0.05, 0) is 43.2 Å². The number of amides is 2. The lowest BCUT2D eigenvalue weighted by Crippen LogP contribution is -2.26. The first-order valence-corrected chi connectivity index (χ1v) is 10.7. The molecule has 0 aliphatic carbocycles. The van der Waals surface area contributed by atoms with Crippen LogP contribution in [0.3, 0.4) is 0 Å². The van der Waals surface area contributed by atoms with Crippen LogP contribution in [0.4, 0.5) is 5.69 Å². The Morgan fingerprint density at radius 2 is 1.88 bits per heavy atom. The lowest BCUT2D eigenvalue weighted by Gasteiger charge is -2.09. The van der Waals surface area contributed by atoms with E-state index in [4.69, 9.17) is 9.15 Å². The Hall–Kier alpha value is -4.34. The Bertz CT molecular complexity index is 1330. The van der Waals surface area contributed by atoms with Crippen LogP contribution < -0.4 is 15.4 Å². The molecule has 0 atom stereocenters. The Labute approximate surface area is 196 Å². The highest BCUT2D eigenvalue weighted by molar-refractivity contribution is 6.07. The van der Waals surface area contributed by atoms with E-state index in [0.717, 1.165) is 22.4 Å². The van der Waals surface area contributed by atoms with Gasteiger partial charge >= 0.3 is 0 Å². The Morgan fingerprint density at radius 1 is 1.06 bits per heavy atom. The zero-order valence-corrected chi connectivity index (χ0v) is 19.5. The number of aryl methyl sites for hydroxylation is 4. The molecule has 2 N–H and O–H groups in total. The fraction of sp³-hybridized carbons (Fsp3) is 0.250. The number of anilines is 1. The van der Waals surface area contributed by atoms with Crippen molar-refractivity contribution in [3.05, 3.63) is 82.8 Å². The first kappa shape index (κ1) is 22.8. The third-order valence-corrected chi connectivity index (χ3v) is 5.21. The van der Waals surface area contributed by atoms with E-state index >= 15 is 0 Å². The summed E-state index contributed by atoms with van der Waals surface area (Å²) in [6, 6.07) is 9.21. The summed E-state index contributed by atoms with van der Waals surface area (Å²) in [4.78, 5) is 25.5. The number of rotatable bonds is 8. The largest absolute Gasteiger partial charge is 0.485 e. The molecule has 2 amide bonds. The average molecular weight is 463 g/mol. The van der Waals surface area contributed by atoms with Gasteiger partial charge in [0, 0.05) is 32.4 Å². The van der Waals surface area contributed by atoms with Crippen LogP contribution in [0.1, 0.15) is 43.5 Å². The van der Waals surface area contributed by atoms with E-state index in [-0.39, 0.29) is 29.7 Å². The molecular weight excluding hydrogens is 436 g/mol. The van der Waals surface area contributed by atoms with Crippen molar-refractivity contribution in [3.63, 3.8) is 0 Å². The molecular formula is C24H26N6O4. The molecule has 3 heterocycles. The van der Waals surface area contributed by atoms with Crippen molar-refractivity contribution in [2.24, 2.45) is 14.1 Å². The second kappa shape index (κ2) is 9.65. The fourth-order valence-corrected chi connectivity index (χ4v) is 3.40. The molecule has 4 aromatic rings. The highest BCUT2D eigenvalue weighted by atomic mass is 16.5. The zero-order valence-electron chi connectivity index (χ0n) is 19.5. The highest BCUT2D eigenvalue weighted by Crippen LogP contribution is 2.22. The van der Waals surface area contributed by atoms with E-state index in [1.165, 1.54) is 10.9 Å². The maximum Gasteiger partial charge on any atom is 0.291 e.